The fraction of sp³-hybridized carbons (Fsp3) is 0.538. The summed E-state index contributed by atoms with van der Waals surface area (Å²) in [7, 11) is 0. The molecule has 3 heteroatoms. The normalized spacial score (nSPS) is 14.6. The lowest BCUT2D eigenvalue weighted by atomic mass is 10.1. The molecular formula is C13H19BrO2. The molecule has 1 aromatic carbocycles. The number of aliphatic hydroxyl groups is 1. The standard InChI is InChI=1S/C13H19BrO2/c1-4-9(2)8-16-13-6-5-11(14)7-12(13)10(3)15/h5-7,9-10,15H,4,8H2,1-3H3/t9?,10-/m0/s1. The fourth-order valence-corrected chi connectivity index (χ4v) is 1.71. The van der Waals surface area contributed by atoms with E-state index in [4.69, 9.17) is 4.74 Å². The van der Waals surface area contributed by atoms with E-state index in [-0.39, 0.29) is 0 Å². The van der Waals surface area contributed by atoms with Crippen LogP contribution in [0, 0.1) is 5.92 Å². The molecule has 0 aliphatic rings. The van der Waals surface area contributed by atoms with Crippen LogP contribution in [0.4, 0.5) is 0 Å². The number of hydrogen-bond acceptors (Lipinski definition) is 2. The second-order valence-electron chi connectivity index (χ2n) is 4.18. The highest BCUT2D eigenvalue weighted by Gasteiger charge is 2.10. The molecule has 16 heavy (non-hydrogen) atoms. The summed E-state index contributed by atoms with van der Waals surface area (Å²) in [6, 6.07) is 5.73. The van der Waals surface area contributed by atoms with Gasteiger partial charge in [0.15, 0.2) is 0 Å². The van der Waals surface area contributed by atoms with Crippen molar-refractivity contribution < 1.29 is 9.84 Å². The molecule has 1 unspecified atom stereocenters. The van der Waals surface area contributed by atoms with E-state index in [9.17, 15) is 5.11 Å². The maximum absolute atomic E-state index is 9.65. The lowest BCUT2D eigenvalue weighted by molar-refractivity contribution is 0.186. The lowest BCUT2D eigenvalue weighted by Crippen LogP contribution is -2.09. The molecule has 2 atom stereocenters. The Balaban J connectivity index is 2.78. The molecule has 0 saturated carbocycles. The zero-order valence-corrected chi connectivity index (χ0v) is 11.6. The first kappa shape index (κ1) is 13.5. The topological polar surface area (TPSA) is 29.5 Å². The van der Waals surface area contributed by atoms with Crippen molar-refractivity contribution in [1.29, 1.82) is 0 Å². The molecule has 0 fully saturated rings. The molecule has 90 valence electrons. The van der Waals surface area contributed by atoms with Crippen molar-refractivity contribution in [2.75, 3.05) is 6.61 Å². The Morgan fingerprint density at radius 3 is 2.62 bits per heavy atom. The van der Waals surface area contributed by atoms with E-state index in [1.165, 1.54) is 0 Å². The highest BCUT2D eigenvalue weighted by Crippen LogP contribution is 2.28. The van der Waals surface area contributed by atoms with Gasteiger partial charge in [-0.2, -0.15) is 0 Å². The van der Waals surface area contributed by atoms with Crippen LogP contribution in [0.3, 0.4) is 0 Å². The van der Waals surface area contributed by atoms with Gasteiger partial charge in [0, 0.05) is 10.0 Å². The second kappa shape index (κ2) is 6.26. The van der Waals surface area contributed by atoms with Crippen LogP contribution in [0.5, 0.6) is 5.75 Å². The molecule has 0 amide bonds. The summed E-state index contributed by atoms with van der Waals surface area (Å²) in [5, 5.41) is 9.65. The van der Waals surface area contributed by atoms with Gasteiger partial charge >= 0.3 is 0 Å². The molecule has 0 bridgehead atoms. The van der Waals surface area contributed by atoms with Gasteiger partial charge in [-0.1, -0.05) is 36.2 Å². The van der Waals surface area contributed by atoms with E-state index < -0.39 is 6.10 Å². The van der Waals surface area contributed by atoms with Crippen LogP contribution in [0.1, 0.15) is 38.9 Å². The maximum atomic E-state index is 9.65. The molecule has 2 nitrogen and oxygen atoms in total. The summed E-state index contributed by atoms with van der Waals surface area (Å²) in [6.07, 6.45) is 0.588. The van der Waals surface area contributed by atoms with Crippen LogP contribution in [0.2, 0.25) is 0 Å². The monoisotopic (exact) mass is 286 g/mol. The average molecular weight is 287 g/mol. The van der Waals surface area contributed by atoms with E-state index in [0.29, 0.717) is 12.5 Å². The number of aliphatic hydroxyl groups excluding tert-OH is 1. The van der Waals surface area contributed by atoms with E-state index in [2.05, 4.69) is 29.8 Å². The summed E-state index contributed by atoms with van der Waals surface area (Å²) >= 11 is 3.39. The third-order valence-corrected chi connectivity index (χ3v) is 3.14. The Kier molecular flexibility index (Phi) is 5.29. The minimum Gasteiger partial charge on any atom is -0.493 e. The predicted molar refractivity (Wildman–Crippen MR) is 69.7 cm³/mol. The lowest BCUT2D eigenvalue weighted by Gasteiger charge is -2.16. The van der Waals surface area contributed by atoms with Crippen molar-refractivity contribution in [3.05, 3.63) is 28.2 Å². The molecule has 0 heterocycles. The van der Waals surface area contributed by atoms with Gasteiger partial charge in [0.25, 0.3) is 0 Å². The molecule has 0 radical (unpaired) electrons. The van der Waals surface area contributed by atoms with Gasteiger partial charge in [-0.3, -0.25) is 0 Å². The van der Waals surface area contributed by atoms with Crippen molar-refractivity contribution in [3.63, 3.8) is 0 Å². The van der Waals surface area contributed by atoms with Crippen LogP contribution >= 0.6 is 15.9 Å². The SMILES string of the molecule is CCC(C)COc1ccc(Br)cc1[C@H](C)O. The zero-order chi connectivity index (χ0) is 12.1. The van der Waals surface area contributed by atoms with Gasteiger partial charge in [0.1, 0.15) is 5.75 Å². The van der Waals surface area contributed by atoms with Gasteiger partial charge in [0.05, 0.1) is 12.7 Å². The Morgan fingerprint density at radius 1 is 1.38 bits per heavy atom. The van der Waals surface area contributed by atoms with Crippen LogP contribution in [0.25, 0.3) is 0 Å². The second-order valence-corrected chi connectivity index (χ2v) is 5.10. The van der Waals surface area contributed by atoms with E-state index >= 15 is 0 Å². The quantitative estimate of drug-likeness (QED) is 0.889. The van der Waals surface area contributed by atoms with Crippen LogP contribution in [-0.4, -0.2) is 11.7 Å². The number of benzene rings is 1. The van der Waals surface area contributed by atoms with Gasteiger partial charge in [0.2, 0.25) is 0 Å². The van der Waals surface area contributed by atoms with Crippen molar-refractivity contribution in [2.24, 2.45) is 5.92 Å². The molecule has 1 N–H and O–H groups in total. The van der Waals surface area contributed by atoms with Crippen LogP contribution in [-0.2, 0) is 0 Å². The van der Waals surface area contributed by atoms with Crippen LogP contribution in [0.15, 0.2) is 22.7 Å². The van der Waals surface area contributed by atoms with Crippen molar-refractivity contribution in [1.82, 2.24) is 0 Å². The smallest absolute Gasteiger partial charge is 0.125 e. The van der Waals surface area contributed by atoms with E-state index in [0.717, 1.165) is 22.2 Å². The number of ether oxygens (including phenoxy) is 1. The maximum Gasteiger partial charge on any atom is 0.125 e. The van der Waals surface area contributed by atoms with Gasteiger partial charge in [-0.05, 0) is 31.0 Å². The number of halogens is 1. The molecule has 1 aromatic rings. The number of rotatable bonds is 5. The van der Waals surface area contributed by atoms with Crippen molar-refractivity contribution >= 4 is 15.9 Å². The largest absolute Gasteiger partial charge is 0.493 e. The molecule has 0 spiro atoms. The summed E-state index contributed by atoms with van der Waals surface area (Å²) in [6.45, 7) is 6.74. The van der Waals surface area contributed by atoms with E-state index in [1.54, 1.807) is 6.92 Å². The van der Waals surface area contributed by atoms with Crippen molar-refractivity contribution in [2.45, 2.75) is 33.3 Å². The summed E-state index contributed by atoms with van der Waals surface area (Å²) < 4.78 is 6.68. The Labute approximate surface area is 106 Å². The van der Waals surface area contributed by atoms with Crippen molar-refractivity contribution in [3.8, 4) is 5.75 Å². The average Bonchev–Trinajstić information content (AvgIpc) is 2.26. The minimum atomic E-state index is -0.510. The van der Waals surface area contributed by atoms with Gasteiger partial charge in [-0.25, -0.2) is 0 Å². The molecule has 0 aliphatic carbocycles. The van der Waals surface area contributed by atoms with Gasteiger partial charge in [-0.15, -0.1) is 0 Å². The number of hydrogen-bond donors (Lipinski definition) is 1. The highest BCUT2D eigenvalue weighted by atomic mass is 79.9. The summed E-state index contributed by atoms with van der Waals surface area (Å²) in [4.78, 5) is 0. The summed E-state index contributed by atoms with van der Waals surface area (Å²) in [5.74, 6) is 1.31. The van der Waals surface area contributed by atoms with Crippen LogP contribution < -0.4 is 4.74 Å². The molecule has 0 aromatic heterocycles. The minimum absolute atomic E-state index is 0.510. The van der Waals surface area contributed by atoms with Gasteiger partial charge < -0.3 is 9.84 Å². The molecule has 1 rings (SSSR count). The first-order valence-corrected chi connectivity index (χ1v) is 6.44. The Morgan fingerprint density at radius 2 is 2.06 bits per heavy atom. The zero-order valence-electron chi connectivity index (χ0n) is 10.0. The fourth-order valence-electron chi connectivity index (χ4n) is 1.33. The molecule has 0 aliphatic heterocycles. The third kappa shape index (κ3) is 3.80. The Hall–Kier alpha value is -0.540. The predicted octanol–water partition coefficient (Wildman–Crippen LogP) is 3.93. The Bertz CT molecular complexity index is 337. The molecular weight excluding hydrogens is 268 g/mol. The first-order valence-electron chi connectivity index (χ1n) is 5.64. The first-order chi connectivity index (χ1) is 7.54. The summed E-state index contributed by atoms with van der Waals surface area (Å²) in [5.41, 5.74) is 0.831. The highest BCUT2D eigenvalue weighted by molar-refractivity contribution is 9.10. The third-order valence-electron chi connectivity index (χ3n) is 2.64. The van der Waals surface area contributed by atoms with E-state index in [1.807, 2.05) is 18.2 Å². The molecule has 0 saturated heterocycles.